The second-order valence-corrected chi connectivity index (χ2v) is 8.56. The SMILES string of the molecule is COC(=O)[C@@H](C)Cc1c(-c2ccc(F)cc2)n(C(=O)OC(C)(C)C)c2c(F)cc(F)cc12. The third-order valence-electron chi connectivity index (χ3n) is 4.89. The zero-order valence-corrected chi connectivity index (χ0v) is 18.5. The van der Waals surface area contributed by atoms with Crippen LogP contribution in [-0.4, -0.2) is 29.3 Å². The molecule has 0 saturated carbocycles. The van der Waals surface area contributed by atoms with Gasteiger partial charge in [0.2, 0.25) is 0 Å². The Morgan fingerprint density at radius 2 is 1.66 bits per heavy atom. The number of carbonyl (C=O) groups is 2. The van der Waals surface area contributed by atoms with Crippen molar-refractivity contribution in [2.24, 2.45) is 5.92 Å². The maximum Gasteiger partial charge on any atom is 0.419 e. The van der Waals surface area contributed by atoms with E-state index in [0.29, 0.717) is 17.2 Å². The lowest BCUT2D eigenvalue weighted by molar-refractivity contribution is -0.144. The predicted molar refractivity (Wildman–Crippen MR) is 114 cm³/mol. The molecule has 0 saturated heterocycles. The van der Waals surface area contributed by atoms with Gasteiger partial charge in [-0.1, -0.05) is 6.92 Å². The highest BCUT2D eigenvalue weighted by atomic mass is 19.1. The van der Waals surface area contributed by atoms with E-state index in [4.69, 9.17) is 9.47 Å². The number of esters is 1. The third kappa shape index (κ3) is 4.64. The maximum absolute atomic E-state index is 15.0. The van der Waals surface area contributed by atoms with Crippen molar-refractivity contribution in [3.63, 3.8) is 0 Å². The number of methoxy groups -OCH3 is 1. The average Bonchev–Trinajstić information content (AvgIpc) is 3.01. The first-order valence-electron chi connectivity index (χ1n) is 10.0. The summed E-state index contributed by atoms with van der Waals surface area (Å²) < 4.78 is 54.1. The number of halogens is 3. The summed E-state index contributed by atoms with van der Waals surface area (Å²) >= 11 is 0. The minimum atomic E-state index is -0.966. The van der Waals surface area contributed by atoms with Crippen molar-refractivity contribution in [3.05, 3.63) is 59.4 Å². The normalized spacial score (nSPS) is 12.6. The number of benzene rings is 2. The van der Waals surface area contributed by atoms with Crippen molar-refractivity contribution in [3.8, 4) is 11.3 Å². The largest absolute Gasteiger partial charge is 0.469 e. The molecule has 2 aromatic carbocycles. The summed E-state index contributed by atoms with van der Waals surface area (Å²) in [5, 5.41) is 0.114. The molecule has 1 aromatic heterocycles. The van der Waals surface area contributed by atoms with Gasteiger partial charge in [0, 0.05) is 11.5 Å². The topological polar surface area (TPSA) is 57.5 Å². The standard InChI is InChI=1S/C24H24F3NO4/c1-13(22(29)31-5)10-17-18-11-16(26)12-19(27)21(18)28(23(30)32-24(2,3)4)20(17)14-6-8-15(25)9-7-14/h6-9,11-13H,10H2,1-5H3/t13-/m0/s1. The number of hydrogen-bond acceptors (Lipinski definition) is 4. The van der Waals surface area contributed by atoms with Crippen LogP contribution in [0.1, 0.15) is 33.3 Å². The van der Waals surface area contributed by atoms with E-state index in [1.165, 1.54) is 31.4 Å². The van der Waals surface area contributed by atoms with E-state index in [-0.39, 0.29) is 23.0 Å². The number of hydrogen-bond donors (Lipinski definition) is 0. The van der Waals surface area contributed by atoms with Gasteiger partial charge < -0.3 is 9.47 Å². The van der Waals surface area contributed by atoms with Crippen LogP contribution >= 0.6 is 0 Å². The van der Waals surface area contributed by atoms with Crippen LogP contribution in [0.3, 0.4) is 0 Å². The Morgan fingerprint density at radius 3 is 2.22 bits per heavy atom. The summed E-state index contributed by atoms with van der Waals surface area (Å²) in [7, 11) is 1.24. The van der Waals surface area contributed by atoms with Crippen LogP contribution in [-0.2, 0) is 20.7 Å². The van der Waals surface area contributed by atoms with E-state index in [0.717, 1.165) is 10.6 Å². The fourth-order valence-corrected chi connectivity index (χ4v) is 3.60. The smallest absolute Gasteiger partial charge is 0.419 e. The highest BCUT2D eigenvalue weighted by molar-refractivity contribution is 6.00. The molecule has 0 aliphatic rings. The van der Waals surface area contributed by atoms with Crippen LogP contribution in [0.4, 0.5) is 18.0 Å². The molecule has 1 heterocycles. The van der Waals surface area contributed by atoms with Gasteiger partial charge in [0.15, 0.2) is 5.82 Å². The van der Waals surface area contributed by atoms with E-state index in [9.17, 15) is 18.4 Å². The van der Waals surface area contributed by atoms with Gasteiger partial charge in [-0.2, -0.15) is 0 Å². The molecule has 0 amide bonds. The minimum Gasteiger partial charge on any atom is -0.469 e. The van der Waals surface area contributed by atoms with Crippen LogP contribution < -0.4 is 0 Å². The molecule has 1 atom stereocenters. The second-order valence-electron chi connectivity index (χ2n) is 8.56. The molecule has 3 rings (SSSR count). The zero-order chi connectivity index (χ0) is 23.8. The Hall–Kier alpha value is -3.29. The first kappa shape index (κ1) is 23.4. The van der Waals surface area contributed by atoms with Crippen molar-refractivity contribution >= 4 is 23.0 Å². The lowest BCUT2D eigenvalue weighted by Crippen LogP contribution is -2.27. The third-order valence-corrected chi connectivity index (χ3v) is 4.89. The van der Waals surface area contributed by atoms with E-state index in [1.807, 2.05) is 0 Å². The summed E-state index contributed by atoms with van der Waals surface area (Å²) in [5.74, 6) is -3.51. The molecular weight excluding hydrogens is 423 g/mol. The Labute approximate surface area is 183 Å². The van der Waals surface area contributed by atoms with Gasteiger partial charge in [-0.05, 0) is 68.7 Å². The van der Waals surface area contributed by atoms with Crippen LogP contribution in [0.2, 0.25) is 0 Å². The number of rotatable bonds is 4. The molecule has 0 radical (unpaired) electrons. The second kappa shape index (κ2) is 8.68. The molecule has 0 fully saturated rings. The Balaban J connectivity index is 2.40. The van der Waals surface area contributed by atoms with Crippen molar-refractivity contribution in [2.75, 3.05) is 7.11 Å². The van der Waals surface area contributed by atoms with Gasteiger partial charge in [0.25, 0.3) is 0 Å². The number of nitrogens with zero attached hydrogens (tertiary/aromatic N) is 1. The summed E-state index contributed by atoms with van der Waals surface area (Å²) in [6.07, 6.45) is -0.863. The number of carbonyl (C=O) groups excluding carboxylic acids is 2. The lowest BCUT2D eigenvalue weighted by Gasteiger charge is -2.21. The van der Waals surface area contributed by atoms with Crippen molar-refractivity contribution in [1.29, 1.82) is 0 Å². The minimum absolute atomic E-state index is 0.0224. The van der Waals surface area contributed by atoms with Gasteiger partial charge in [-0.15, -0.1) is 0 Å². The molecule has 5 nitrogen and oxygen atoms in total. The number of aromatic nitrogens is 1. The molecule has 0 N–H and O–H groups in total. The average molecular weight is 447 g/mol. The molecular formula is C24H24F3NO4. The van der Waals surface area contributed by atoms with Gasteiger partial charge in [0.1, 0.15) is 17.2 Å². The molecule has 0 aliphatic carbocycles. The maximum atomic E-state index is 15.0. The molecule has 8 heteroatoms. The van der Waals surface area contributed by atoms with Crippen molar-refractivity contribution in [2.45, 2.75) is 39.7 Å². The quantitative estimate of drug-likeness (QED) is 0.470. The van der Waals surface area contributed by atoms with Crippen LogP contribution in [0.25, 0.3) is 22.2 Å². The summed E-state index contributed by atoms with van der Waals surface area (Å²) in [6.45, 7) is 6.58. The molecule has 32 heavy (non-hydrogen) atoms. The Morgan fingerprint density at radius 1 is 1.03 bits per heavy atom. The van der Waals surface area contributed by atoms with E-state index >= 15 is 4.39 Å². The molecule has 0 aliphatic heterocycles. The zero-order valence-electron chi connectivity index (χ0n) is 18.5. The van der Waals surface area contributed by atoms with Gasteiger partial charge >= 0.3 is 12.1 Å². The lowest BCUT2D eigenvalue weighted by atomic mass is 9.95. The fourth-order valence-electron chi connectivity index (χ4n) is 3.60. The molecule has 0 unspecified atom stereocenters. The first-order valence-corrected chi connectivity index (χ1v) is 10.0. The fraction of sp³-hybridized carbons (Fsp3) is 0.333. The Kier molecular flexibility index (Phi) is 6.34. The molecule has 170 valence electrons. The molecule has 0 bridgehead atoms. The van der Waals surface area contributed by atoms with E-state index in [2.05, 4.69) is 0 Å². The first-order chi connectivity index (χ1) is 14.9. The van der Waals surface area contributed by atoms with Gasteiger partial charge in [-0.3, -0.25) is 4.79 Å². The summed E-state index contributed by atoms with van der Waals surface area (Å²) in [6, 6.07) is 7.00. The number of fused-ring (bicyclic) bond motifs is 1. The van der Waals surface area contributed by atoms with E-state index in [1.54, 1.807) is 27.7 Å². The molecule has 3 aromatic rings. The predicted octanol–water partition coefficient (Wildman–Crippen LogP) is 5.86. The van der Waals surface area contributed by atoms with Crippen molar-refractivity contribution in [1.82, 2.24) is 4.57 Å². The highest BCUT2D eigenvalue weighted by Crippen LogP contribution is 2.38. The van der Waals surface area contributed by atoms with Crippen LogP contribution in [0.5, 0.6) is 0 Å². The molecule has 0 spiro atoms. The van der Waals surface area contributed by atoms with Gasteiger partial charge in [0.05, 0.1) is 24.2 Å². The monoisotopic (exact) mass is 447 g/mol. The Bertz CT molecular complexity index is 1180. The van der Waals surface area contributed by atoms with E-state index < -0.39 is 41.0 Å². The van der Waals surface area contributed by atoms with Gasteiger partial charge in [-0.25, -0.2) is 22.5 Å². The summed E-state index contributed by atoms with van der Waals surface area (Å²) in [5.41, 5.74) is -0.181. The van der Waals surface area contributed by atoms with Crippen molar-refractivity contribution < 1.29 is 32.2 Å². The number of ether oxygens (including phenoxy) is 2. The van der Waals surface area contributed by atoms with Crippen LogP contribution in [0, 0.1) is 23.4 Å². The van der Waals surface area contributed by atoms with Crippen LogP contribution in [0.15, 0.2) is 36.4 Å². The summed E-state index contributed by atoms with van der Waals surface area (Å²) in [4.78, 5) is 25.3. The highest BCUT2D eigenvalue weighted by Gasteiger charge is 2.30.